The number of nitrogens with two attached hydrogens (primary N) is 1. The monoisotopic (exact) mass is 333 g/mol. The van der Waals surface area contributed by atoms with E-state index in [0.29, 0.717) is 26.2 Å². The van der Waals surface area contributed by atoms with Crippen molar-refractivity contribution in [3.05, 3.63) is 23.9 Å². The molecule has 0 aliphatic carbocycles. The number of aromatic nitrogens is 1. The summed E-state index contributed by atoms with van der Waals surface area (Å²) in [4.78, 5) is 43.0. The second-order valence-corrected chi connectivity index (χ2v) is 6.02. The number of primary amides is 1. The lowest BCUT2D eigenvalue weighted by atomic mass is 10.2. The molecule has 4 amide bonds. The van der Waals surface area contributed by atoms with E-state index >= 15 is 0 Å². The Kier molecular flexibility index (Phi) is 5.73. The normalized spacial score (nSPS) is 15.1. The first-order valence-electron chi connectivity index (χ1n) is 8.00. The highest BCUT2D eigenvalue weighted by Crippen LogP contribution is 2.10. The minimum atomic E-state index is -0.649. The molecule has 0 spiro atoms. The molecule has 1 aliphatic heterocycles. The van der Waals surface area contributed by atoms with Crippen LogP contribution in [0.1, 0.15) is 30.8 Å². The lowest BCUT2D eigenvalue weighted by Gasteiger charge is -2.23. The lowest BCUT2D eigenvalue weighted by Crippen LogP contribution is -2.40. The highest BCUT2D eigenvalue weighted by molar-refractivity contribution is 5.92. The van der Waals surface area contributed by atoms with Gasteiger partial charge in [0.25, 0.3) is 5.91 Å². The van der Waals surface area contributed by atoms with Gasteiger partial charge in [-0.1, -0.05) is 19.9 Å². The Morgan fingerprint density at radius 2 is 1.79 bits per heavy atom. The Bertz CT molecular complexity index is 632. The van der Waals surface area contributed by atoms with Gasteiger partial charge in [0.1, 0.15) is 11.5 Å². The van der Waals surface area contributed by atoms with Gasteiger partial charge in [-0.2, -0.15) is 0 Å². The molecule has 1 aromatic rings. The topological polar surface area (TPSA) is 109 Å². The van der Waals surface area contributed by atoms with Crippen molar-refractivity contribution >= 4 is 23.7 Å². The number of nitrogens with zero attached hydrogens (tertiary/aromatic N) is 3. The SMILES string of the molecule is CC(C)C(=O)N1CCCN(C(=O)Nc2cccc(C(N)=O)n2)CC1. The fraction of sp³-hybridized carbons (Fsp3) is 0.500. The Morgan fingerprint density at radius 3 is 2.46 bits per heavy atom. The summed E-state index contributed by atoms with van der Waals surface area (Å²) in [6, 6.07) is 4.38. The third kappa shape index (κ3) is 4.43. The zero-order chi connectivity index (χ0) is 17.7. The third-order valence-corrected chi connectivity index (χ3v) is 3.83. The number of hydrogen-bond acceptors (Lipinski definition) is 4. The summed E-state index contributed by atoms with van der Waals surface area (Å²) in [7, 11) is 0. The molecule has 130 valence electrons. The van der Waals surface area contributed by atoms with Gasteiger partial charge in [-0.15, -0.1) is 0 Å². The van der Waals surface area contributed by atoms with Crippen LogP contribution < -0.4 is 11.1 Å². The zero-order valence-corrected chi connectivity index (χ0v) is 14.0. The van der Waals surface area contributed by atoms with E-state index in [-0.39, 0.29) is 29.4 Å². The van der Waals surface area contributed by atoms with E-state index in [2.05, 4.69) is 10.3 Å². The summed E-state index contributed by atoms with van der Waals surface area (Å²) in [5.41, 5.74) is 5.28. The second-order valence-electron chi connectivity index (χ2n) is 6.02. The van der Waals surface area contributed by atoms with E-state index in [1.54, 1.807) is 21.9 Å². The van der Waals surface area contributed by atoms with Crippen LogP contribution in [0.15, 0.2) is 18.2 Å². The fourth-order valence-corrected chi connectivity index (χ4v) is 2.54. The van der Waals surface area contributed by atoms with E-state index < -0.39 is 5.91 Å². The van der Waals surface area contributed by atoms with E-state index in [1.807, 2.05) is 13.8 Å². The molecule has 0 saturated carbocycles. The van der Waals surface area contributed by atoms with Crippen molar-refractivity contribution in [2.45, 2.75) is 20.3 Å². The third-order valence-electron chi connectivity index (χ3n) is 3.83. The molecule has 1 fully saturated rings. The van der Waals surface area contributed by atoms with E-state index in [1.165, 1.54) is 6.07 Å². The van der Waals surface area contributed by atoms with Gasteiger partial charge in [0.15, 0.2) is 0 Å². The zero-order valence-electron chi connectivity index (χ0n) is 14.0. The Labute approximate surface area is 141 Å². The van der Waals surface area contributed by atoms with Gasteiger partial charge in [-0.05, 0) is 18.6 Å². The number of urea groups is 1. The van der Waals surface area contributed by atoms with Crippen LogP contribution in [0, 0.1) is 5.92 Å². The van der Waals surface area contributed by atoms with Crippen molar-refractivity contribution in [1.29, 1.82) is 0 Å². The summed E-state index contributed by atoms with van der Waals surface area (Å²) >= 11 is 0. The van der Waals surface area contributed by atoms with Crippen LogP contribution >= 0.6 is 0 Å². The summed E-state index contributed by atoms with van der Waals surface area (Å²) in [5.74, 6) is -0.321. The van der Waals surface area contributed by atoms with E-state index in [9.17, 15) is 14.4 Å². The van der Waals surface area contributed by atoms with Crippen LogP contribution in [-0.4, -0.2) is 58.8 Å². The number of hydrogen-bond donors (Lipinski definition) is 2. The van der Waals surface area contributed by atoms with Crippen LogP contribution in [0.4, 0.5) is 10.6 Å². The van der Waals surface area contributed by atoms with Gasteiger partial charge in [0.05, 0.1) is 0 Å². The highest BCUT2D eigenvalue weighted by Gasteiger charge is 2.23. The molecule has 2 rings (SSSR count). The molecule has 24 heavy (non-hydrogen) atoms. The van der Waals surface area contributed by atoms with Gasteiger partial charge in [0, 0.05) is 32.1 Å². The van der Waals surface area contributed by atoms with Crippen molar-refractivity contribution in [1.82, 2.24) is 14.8 Å². The molecule has 2 heterocycles. The maximum atomic E-state index is 12.4. The molecule has 1 saturated heterocycles. The molecule has 0 radical (unpaired) electrons. The molecule has 3 N–H and O–H groups in total. The van der Waals surface area contributed by atoms with E-state index in [0.717, 1.165) is 6.42 Å². The average Bonchev–Trinajstić information content (AvgIpc) is 2.80. The fourth-order valence-electron chi connectivity index (χ4n) is 2.54. The molecule has 8 heteroatoms. The standard InChI is InChI=1S/C16H23N5O3/c1-11(2)15(23)20-7-4-8-21(10-9-20)16(24)19-13-6-3-5-12(18-13)14(17)22/h3,5-6,11H,4,7-10H2,1-2H3,(H2,17,22)(H,18,19,24). The van der Waals surface area contributed by atoms with Crippen LogP contribution in [0.25, 0.3) is 0 Å². The molecule has 0 bridgehead atoms. The smallest absolute Gasteiger partial charge is 0.323 e. The first-order chi connectivity index (χ1) is 11.4. The molecule has 8 nitrogen and oxygen atoms in total. The number of carbonyl (C=O) groups excluding carboxylic acids is 3. The molecular formula is C16H23N5O3. The van der Waals surface area contributed by atoms with Crippen LogP contribution in [-0.2, 0) is 4.79 Å². The summed E-state index contributed by atoms with van der Waals surface area (Å²) < 4.78 is 0. The number of anilines is 1. The second kappa shape index (κ2) is 7.76. The number of pyridine rings is 1. The predicted octanol–water partition coefficient (Wildman–Crippen LogP) is 0.903. The molecule has 1 aromatic heterocycles. The number of rotatable bonds is 3. The summed E-state index contributed by atoms with van der Waals surface area (Å²) in [5, 5.41) is 2.67. The molecule has 0 unspecified atom stereocenters. The molecule has 0 aromatic carbocycles. The van der Waals surface area contributed by atoms with Crippen molar-refractivity contribution in [2.24, 2.45) is 11.7 Å². The minimum absolute atomic E-state index is 0.0499. The van der Waals surface area contributed by atoms with Crippen LogP contribution in [0.2, 0.25) is 0 Å². The highest BCUT2D eigenvalue weighted by atomic mass is 16.2. The lowest BCUT2D eigenvalue weighted by molar-refractivity contribution is -0.134. The minimum Gasteiger partial charge on any atom is -0.364 e. The first-order valence-corrected chi connectivity index (χ1v) is 8.00. The van der Waals surface area contributed by atoms with Crippen LogP contribution in [0.5, 0.6) is 0 Å². The first kappa shape index (κ1) is 17.7. The van der Waals surface area contributed by atoms with Gasteiger partial charge < -0.3 is 15.5 Å². The summed E-state index contributed by atoms with van der Waals surface area (Å²) in [6.45, 7) is 5.92. The summed E-state index contributed by atoms with van der Waals surface area (Å²) in [6.07, 6.45) is 0.723. The molecule has 0 atom stereocenters. The van der Waals surface area contributed by atoms with Gasteiger partial charge in [-0.25, -0.2) is 9.78 Å². The van der Waals surface area contributed by atoms with Gasteiger partial charge in [-0.3, -0.25) is 14.9 Å². The Morgan fingerprint density at radius 1 is 1.12 bits per heavy atom. The largest absolute Gasteiger partial charge is 0.364 e. The Hall–Kier alpha value is -2.64. The predicted molar refractivity (Wildman–Crippen MR) is 89.4 cm³/mol. The van der Waals surface area contributed by atoms with Gasteiger partial charge >= 0.3 is 6.03 Å². The van der Waals surface area contributed by atoms with Crippen molar-refractivity contribution in [3.63, 3.8) is 0 Å². The average molecular weight is 333 g/mol. The van der Waals surface area contributed by atoms with Crippen molar-refractivity contribution in [3.8, 4) is 0 Å². The van der Waals surface area contributed by atoms with Crippen molar-refractivity contribution < 1.29 is 14.4 Å². The number of amides is 4. The molecule has 1 aliphatic rings. The van der Waals surface area contributed by atoms with Crippen molar-refractivity contribution in [2.75, 3.05) is 31.5 Å². The number of carbonyl (C=O) groups is 3. The van der Waals surface area contributed by atoms with Gasteiger partial charge in [0.2, 0.25) is 5.91 Å². The van der Waals surface area contributed by atoms with E-state index in [4.69, 9.17) is 5.73 Å². The quantitative estimate of drug-likeness (QED) is 0.856. The molecular weight excluding hydrogens is 310 g/mol. The number of nitrogens with one attached hydrogen (secondary N) is 1. The maximum absolute atomic E-state index is 12.4. The maximum Gasteiger partial charge on any atom is 0.323 e. The Balaban J connectivity index is 1.97. The van der Waals surface area contributed by atoms with Crippen LogP contribution in [0.3, 0.4) is 0 Å².